The molecule has 0 radical (unpaired) electrons. The predicted molar refractivity (Wildman–Crippen MR) is 71.1 cm³/mol. The number of nitrogens with one attached hydrogen (secondary N) is 1. The molecule has 3 rings (SSSR count). The van der Waals surface area contributed by atoms with Crippen LogP contribution in [0.3, 0.4) is 0 Å². The Hall–Kier alpha value is -2.76. The zero-order valence-electron chi connectivity index (χ0n) is 10.5. The summed E-state index contributed by atoms with van der Waals surface area (Å²) in [5.41, 5.74) is 1.82. The third kappa shape index (κ3) is 2.49. The number of fused-ring (bicyclic) bond motifs is 1. The van der Waals surface area contributed by atoms with E-state index in [1.807, 2.05) is 18.2 Å². The molecule has 6 nitrogen and oxygen atoms in total. The van der Waals surface area contributed by atoms with Crippen LogP contribution in [0, 0.1) is 0 Å². The van der Waals surface area contributed by atoms with Gasteiger partial charge in [-0.25, -0.2) is 4.79 Å². The van der Waals surface area contributed by atoms with E-state index in [0.717, 1.165) is 17.1 Å². The molecule has 0 saturated carbocycles. The second-order valence-electron chi connectivity index (χ2n) is 4.26. The number of aromatic carboxylic acids is 1. The summed E-state index contributed by atoms with van der Waals surface area (Å²) >= 11 is 0. The minimum atomic E-state index is -0.979. The molecule has 1 aromatic heterocycles. The van der Waals surface area contributed by atoms with E-state index in [1.165, 1.54) is 12.3 Å². The number of pyridine rings is 1. The number of aromatic nitrogens is 1. The fourth-order valence-corrected chi connectivity index (χ4v) is 1.85. The molecular weight excluding hydrogens is 260 g/mol. The normalized spacial score (nSPS) is 12.2. The Labute approximate surface area is 115 Å². The highest BCUT2D eigenvalue weighted by atomic mass is 16.7. The summed E-state index contributed by atoms with van der Waals surface area (Å²) in [6.07, 6.45) is 1.35. The zero-order chi connectivity index (χ0) is 13.9. The van der Waals surface area contributed by atoms with Crippen molar-refractivity contribution in [2.45, 2.75) is 6.54 Å². The molecule has 20 heavy (non-hydrogen) atoms. The van der Waals surface area contributed by atoms with Gasteiger partial charge < -0.3 is 19.9 Å². The van der Waals surface area contributed by atoms with Gasteiger partial charge in [-0.15, -0.1) is 0 Å². The number of hydrogen-bond donors (Lipinski definition) is 2. The fraction of sp³-hybridized carbons (Fsp3) is 0.143. The molecule has 0 fully saturated rings. The Morgan fingerprint density at radius 1 is 1.25 bits per heavy atom. The van der Waals surface area contributed by atoms with Gasteiger partial charge in [-0.2, -0.15) is 0 Å². The van der Waals surface area contributed by atoms with Gasteiger partial charge in [0.05, 0.1) is 17.8 Å². The molecule has 2 aromatic rings. The molecule has 2 N–H and O–H groups in total. The molecule has 0 bridgehead atoms. The third-order valence-electron chi connectivity index (χ3n) is 2.92. The van der Waals surface area contributed by atoms with Crippen LogP contribution in [0.4, 0.5) is 5.69 Å². The van der Waals surface area contributed by atoms with Gasteiger partial charge in [0, 0.05) is 18.0 Å². The third-order valence-corrected chi connectivity index (χ3v) is 2.92. The van der Waals surface area contributed by atoms with Crippen LogP contribution in [0.5, 0.6) is 11.5 Å². The number of carboxylic acid groups (broad SMARTS) is 1. The summed E-state index contributed by atoms with van der Waals surface area (Å²) in [5.74, 6) is 0.469. The smallest absolute Gasteiger partial charge is 0.337 e. The standard InChI is InChI=1S/C14H12N2O4/c17-14(18)9-1-2-11(15-6-9)7-16-10-3-4-12-13(5-10)20-8-19-12/h1-6,16H,7-8H2,(H,17,18). The van der Waals surface area contributed by atoms with Crippen LogP contribution in [0.1, 0.15) is 16.1 Å². The lowest BCUT2D eigenvalue weighted by Crippen LogP contribution is -2.03. The van der Waals surface area contributed by atoms with Gasteiger partial charge in [-0.3, -0.25) is 4.98 Å². The Bertz CT molecular complexity index is 640. The van der Waals surface area contributed by atoms with Crippen molar-refractivity contribution in [3.8, 4) is 11.5 Å². The number of hydrogen-bond acceptors (Lipinski definition) is 5. The van der Waals surface area contributed by atoms with Crippen molar-refractivity contribution in [3.63, 3.8) is 0 Å². The van der Waals surface area contributed by atoms with E-state index in [9.17, 15) is 4.79 Å². The van der Waals surface area contributed by atoms with Gasteiger partial charge in [0.25, 0.3) is 0 Å². The fourth-order valence-electron chi connectivity index (χ4n) is 1.85. The second kappa shape index (κ2) is 5.08. The van der Waals surface area contributed by atoms with Gasteiger partial charge in [-0.05, 0) is 24.3 Å². The van der Waals surface area contributed by atoms with Crippen LogP contribution in [-0.2, 0) is 6.54 Å². The van der Waals surface area contributed by atoms with Crippen LogP contribution in [0.15, 0.2) is 36.5 Å². The van der Waals surface area contributed by atoms with E-state index >= 15 is 0 Å². The second-order valence-corrected chi connectivity index (χ2v) is 4.26. The summed E-state index contributed by atoms with van der Waals surface area (Å²) in [4.78, 5) is 14.8. The van der Waals surface area contributed by atoms with Crippen LogP contribution >= 0.6 is 0 Å². The lowest BCUT2D eigenvalue weighted by Gasteiger charge is -2.07. The number of carboxylic acids is 1. The van der Waals surface area contributed by atoms with Crippen LogP contribution in [0.25, 0.3) is 0 Å². The lowest BCUT2D eigenvalue weighted by molar-refractivity contribution is 0.0696. The average molecular weight is 272 g/mol. The van der Waals surface area contributed by atoms with Gasteiger partial charge in [0.1, 0.15) is 0 Å². The Morgan fingerprint density at radius 3 is 2.85 bits per heavy atom. The van der Waals surface area contributed by atoms with Gasteiger partial charge in [0.15, 0.2) is 11.5 Å². The minimum absolute atomic E-state index is 0.178. The van der Waals surface area contributed by atoms with E-state index in [4.69, 9.17) is 14.6 Å². The summed E-state index contributed by atoms with van der Waals surface area (Å²) in [6, 6.07) is 8.80. The maximum atomic E-state index is 10.7. The van der Waals surface area contributed by atoms with Crippen molar-refractivity contribution in [2.24, 2.45) is 0 Å². The van der Waals surface area contributed by atoms with Crippen molar-refractivity contribution in [2.75, 3.05) is 12.1 Å². The molecule has 0 saturated heterocycles. The van der Waals surface area contributed by atoms with Gasteiger partial charge >= 0.3 is 5.97 Å². The molecule has 0 aliphatic carbocycles. The Morgan fingerprint density at radius 2 is 2.10 bits per heavy atom. The average Bonchev–Trinajstić information content (AvgIpc) is 2.93. The number of ether oxygens (including phenoxy) is 2. The molecule has 1 aliphatic heterocycles. The predicted octanol–water partition coefficient (Wildman–Crippen LogP) is 2.12. The first kappa shape index (κ1) is 12.3. The monoisotopic (exact) mass is 272 g/mol. The summed E-state index contributed by atoms with van der Waals surface area (Å²) in [6.45, 7) is 0.747. The Balaban J connectivity index is 1.65. The van der Waals surface area contributed by atoms with Crippen molar-refractivity contribution in [1.82, 2.24) is 4.98 Å². The van der Waals surface area contributed by atoms with E-state index in [2.05, 4.69) is 10.3 Å². The summed E-state index contributed by atoms with van der Waals surface area (Å²) in [7, 11) is 0. The maximum Gasteiger partial charge on any atom is 0.337 e. The zero-order valence-corrected chi connectivity index (χ0v) is 10.5. The largest absolute Gasteiger partial charge is 0.478 e. The van der Waals surface area contributed by atoms with Crippen LogP contribution in [0.2, 0.25) is 0 Å². The number of carbonyl (C=O) groups is 1. The number of nitrogens with zero attached hydrogens (tertiary/aromatic N) is 1. The number of anilines is 1. The highest BCUT2D eigenvalue weighted by molar-refractivity contribution is 5.87. The number of benzene rings is 1. The van der Waals surface area contributed by atoms with Crippen molar-refractivity contribution in [3.05, 3.63) is 47.8 Å². The molecule has 1 aromatic carbocycles. The molecule has 0 amide bonds. The molecule has 0 atom stereocenters. The molecule has 0 spiro atoms. The van der Waals surface area contributed by atoms with Gasteiger partial charge in [-0.1, -0.05) is 0 Å². The topological polar surface area (TPSA) is 80.7 Å². The number of rotatable bonds is 4. The van der Waals surface area contributed by atoms with Crippen molar-refractivity contribution < 1.29 is 19.4 Å². The first-order chi connectivity index (χ1) is 9.72. The first-order valence-corrected chi connectivity index (χ1v) is 6.04. The first-order valence-electron chi connectivity index (χ1n) is 6.04. The molecule has 102 valence electrons. The Kier molecular flexibility index (Phi) is 3.12. The van der Waals surface area contributed by atoms with E-state index in [-0.39, 0.29) is 12.4 Å². The van der Waals surface area contributed by atoms with Gasteiger partial charge in [0.2, 0.25) is 6.79 Å². The van der Waals surface area contributed by atoms with E-state index < -0.39 is 5.97 Å². The van der Waals surface area contributed by atoms with E-state index in [0.29, 0.717) is 12.3 Å². The molecule has 1 aliphatic rings. The molecular formula is C14H12N2O4. The highest BCUT2D eigenvalue weighted by Gasteiger charge is 2.13. The van der Waals surface area contributed by atoms with Crippen molar-refractivity contribution >= 4 is 11.7 Å². The molecule has 0 unspecified atom stereocenters. The lowest BCUT2D eigenvalue weighted by atomic mass is 10.2. The summed E-state index contributed by atoms with van der Waals surface area (Å²) in [5, 5.41) is 12.0. The molecule has 6 heteroatoms. The van der Waals surface area contributed by atoms with Crippen LogP contribution < -0.4 is 14.8 Å². The maximum absolute atomic E-state index is 10.7. The molecule has 2 heterocycles. The van der Waals surface area contributed by atoms with Crippen LogP contribution in [-0.4, -0.2) is 22.9 Å². The SMILES string of the molecule is O=C(O)c1ccc(CNc2ccc3c(c2)OCO3)nc1. The quantitative estimate of drug-likeness (QED) is 0.887. The van der Waals surface area contributed by atoms with Crippen molar-refractivity contribution in [1.29, 1.82) is 0 Å². The van der Waals surface area contributed by atoms with E-state index in [1.54, 1.807) is 6.07 Å². The minimum Gasteiger partial charge on any atom is -0.478 e. The summed E-state index contributed by atoms with van der Waals surface area (Å²) < 4.78 is 10.5. The highest BCUT2D eigenvalue weighted by Crippen LogP contribution is 2.34.